The summed E-state index contributed by atoms with van der Waals surface area (Å²) in [6.45, 7) is -0.298. The number of carbonyl (C=O) groups excluding carboxylic acids is 3. The third-order valence-corrected chi connectivity index (χ3v) is 8.33. The van der Waals surface area contributed by atoms with Crippen molar-refractivity contribution in [3.05, 3.63) is 89.7 Å². The number of halogens is 1. The van der Waals surface area contributed by atoms with Crippen LogP contribution in [0.2, 0.25) is 0 Å². The van der Waals surface area contributed by atoms with Crippen LogP contribution in [-0.4, -0.2) is 49.7 Å². The summed E-state index contributed by atoms with van der Waals surface area (Å²) in [6, 6.07) is 22.3. The Labute approximate surface area is 237 Å². The van der Waals surface area contributed by atoms with E-state index in [1.54, 1.807) is 12.1 Å². The van der Waals surface area contributed by atoms with Crippen LogP contribution in [0.25, 0.3) is 11.1 Å². The molecule has 0 heterocycles. The molecule has 3 aliphatic rings. The molecule has 6 rings (SSSR count). The van der Waals surface area contributed by atoms with Gasteiger partial charge in [-0.05, 0) is 65.5 Å². The maximum atomic E-state index is 13.3. The monoisotopic (exact) mass is 557 g/mol. The highest BCUT2D eigenvalue weighted by atomic mass is 19.1. The van der Waals surface area contributed by atoms with Gasteiger partial charge in [0.15, 0.2) is 0 Å². The summed E-state index contributed by atoms with van der Waals surface area (Å²) in [7, 11) is 0. The fourth-order valence-corrected chi connectivity index (χ4v) is 6.47. The molecule has 3 aliphatic carbocycles. The van der Waals surface area contributed by atoms with Crippen LogP contribution < -0.4 is 20.7 Å². The number of ether oxygens (including phenoxy) is 2. The van der Waals surface area contributed by atoms with Crippen molar-refractivity contribution in [1.82, 2.24) is 16.0 Å². The number of hydrogen-bond acceptors (Lipinski definition) is 5. The van der Waals surface area contributed by atoms with Gasteiger partial charge in [0.25, 0.3) is 0 Å². The molecule has 2 fully saturated rings. The minimum absolute atomic E-state index is 0.0634. The predicted octanol–water partition coefficient (Wildman–Crippen LogP) is 4.29. The van der Waals surface area contributed by atoms with Crippen molar-refractivity contribution >= 4 is 17.9 Å². The summed E-state index contributed by atoms with van der Waals surface area (Å²) < 4.78 is 24.6. The zero-order valence-corrected chi connectivity index (χ0v) is 22.5. The molecule has 41 heavy (non-hydrogen) atoms. The number of alkyl carbamates (subject to hydrolysis) is 1. The smallest absolute Gasteiger partial charge is 0.407 e. The van der Waals surface area contributed by atoms with E-state index in [0.717, 1.165) is 47.9 Å². The highest BCUT2D eigenvalue weighted by Crippen LogP contribution is 2.56. The van der Waals surface area contributed by atoms with Gasteiger partial charge in [-0.2, -0.15) is 0 Å². The lowest BCUT2D eigenvalue weighted by Gasteiger charge is -2.57. The maximum absolute atomic E-state index is 13.3. The number of nitrogens with one attached hydrogen (secondary N) is 3. The number of carbonyl (C=O) groups is 3. The number of hydrogen-bond donors (Lipinski definition) is 3. The van der Waals surface area contributed by atoms with Gasteiger partial charge < -0.3 is 25.4 Å². The Kier molecular flexibility index (Phi) is 7.34. The molecule has 0 bridgehead atoms. The molecule has 212 valence electrons. The largest absolute Gasteiger partial charge is 0.490 e. The minimum atomic E-state index is -0.689. The van der Waals surface area contributed by atoms with E-state index in [0.29, 0.717) is 5.75 Å². The first-order chi connectivity index (χ1) is 19.9. The van der Waals surface area contributed by atoms with E-state index in [1.807, 2.05) is 36.4 Å². The molecule has 1 spiro atoms. The zero-order chi connectivity index (χ0) is 28.4. The molecule has 3 amide bonds. The van der Waals surface area contributed by atoms with Crippen LogP contribution in [-0.2, 0) is 14.3 Å². The molecule has 9 heteroatoms. The fourth-order valence-electron chi connectivity index (χ4n) is 6.47. The van der Waals surface area contributed by atoms with Crippen molar-refractivity contribution in [2.45, 2.75) is 43.7 Å². The molecule has 2 saturated carbocycles. The van der Waals surface area contributed by atoms with Crippen molar-refractivity contribution in [1.29, 1.82) is 0 Å². The summed E-state index contributed by atoms with van der Waals surface area (Å²) in [5.74, 6) is -0.592. The van der Waals surface area contributed by atoms with Gasteiger partial charge in [-0.15, -0.1) is 0 Å². The number of fused-ring (bicyclic) bond motifs is 3. The van der Waals surface area contributed by atoms with Crippen molar-refractivity contribution in [2.24, 2.45) is 5.41 Å². The normalized spacial score (nSPS) is 22.0. The average molecular weight is 558 g/mol. The first kappa shape index (κ1) is 26.8. The Bertz CT molecular complexity index is 1420. The maximum Gasteiger partial charge on any atom is 0.407 e. The lowest BCUT2D eigenvalue weighted by molar-refractivity contribution is -0.129. The zero-order valence-electron chi connectivity index (χ0n) is 22.5. The van der Waals surface area contributed by atoms with Crippen LogP contribution in [0.15, 0.2) is 72.8 Å². The fraction of sp³-hybridized carbons (Fsp3) is 0.344. The van der Waals surface area contributed by atoms with Crippen molar-refractivity contribution in [3.8, 4) is 16.9 Å². The summed E-state index contributed by atoms with van der Waals surface area (Å²) in [5.41, 5.74) is 4.66. The summed E-state index contributed by atoms with van der Waals surface area (Å²) in [6.07, 6.45) is 2.86. The number of benzene rings is 3. The van der Waals surface area contributed by atoms with Crippen molar-refractivity contribution in [2.75, 3.05) is 19.7 Å². The summed E-state index contributed by atoms with van der Waals surface area (Å²) >= 11 is 0. The molecule has 0 atom stereocenters. The molecule has 0 aliphatic heterocycles. The molecule has 3 aromatic rings. The highest BCUT2D eigenvalue weighted by molar-refractivity contribution is 5.87. The van der Waals surface area contributed by atoms with E-state index in [2.05, 4.69) is 28.1 Å². The molecule has 8 nitrogen and oxygen atoms in total. The molecule has 0 radical (unpaired) electrons. The summed E-state index contributed by atoms with van der Waals surface area (Å²) in [4.78, 5) is 36.7. The minimum Gasteiger partial charge on any atom is -0.490 e. The second-order valence-electron chi connectivity index (χ2n) is 11.2. The molecule has 0 saturated heterocycles. The number of amides is 3. The van der Waals surface area contributed by atoms with Crippen molar-refractivity contribution < 1.29 is 28.2 Å². The Hall–Kier alpha value is -4.40. The van der Waals surface area contributed by atoms with Crippen LogP contribution >= 0.6 is 0 Å². The highest BCUT2D eigenvalue weighted by Gasteiger charge is 2.54. The Balaban J connectivity index is 0.857. The second kappa shape index (κ2) is 11.2. The quantitative estimate of drug-likeness (QED) is 0.364. The first-order valence-electron chi connectivity index (χ1n) is 13.9. The van der Waals surface area contributed by atoms with E-state index in [1.165, 1.54) is 12.1 Å². The number of rotatable bonds is 9. The van der Waals surface area contributed by atoms with Gasteiger partial charge in [0.1, 0.15) is 24.7 Å². The van der Waals surface area contributed by atoms with Crippen LogP contribution in [0.5, 0.6) is 5.75 Å². The summed E-state index contributed by atoms with van der Waals surface area (Å²) in [5, 5.41) is 7.93. The molecular weight excluding hydrogens is 525 g/mol. The van der Waals surface area contributed by atoms with Crippen LogP contribution in [0.4, 0.5) is 9.18 Å². The topological polar surface area (TPSA) is 106 Å². The average Bonchev–Trinajstić information content (AvgIpc) is 3.25. The van der Waals surface area contributed by atoms with Crippen LogP contribution in [0, 0.1) is 11.2 Å². The molecule has 0 unspecified atom stereocenters. The Morgan fingerprint density at radius 3 is 2.15 bits per heavy atom. The Morgan fingerprint density at radius 1 is 0.805 bits per heavy atom. The van der Waals surface area contributed by atoms with Gasteiger partial charge >= 0.3 is 6.09 Å². The van der Waals surface area contributed by atoms with Gasteiger partial charge in [0, 0.05) is 18.0 Å². The van der Waals surface area contributed by atoms with Gasteiger partial charge in [0.05, 0.1) is 12.6 Å². The van der Waals surface area contributed by atoms with Crippen LogP contribution in [0.1, 0.15) is 42.7 Å². The van der Waals surface area contributed by atoms with E-state index in [9.17, 15) is 18.8 Å². The van der Waals surface area contributed by atoms with E-state index in [-0.39, 0.29) is 54.9 Å². The van der Waals surface area contributed by atoms with Gasteiger partial charge in [-0.25, -0.2) is 9.18 Å². The van der Waals surface area contributed by atoms with Crippen LogP contribution in [0.3, 0.4) is 0 Å². The molecule has 0 aromatic heterocycles. The second-order valence-corrected chi connectivity index (χ2v) is 11.2. The Morgan fingerprint density at radius 2 is 1.46 bits per heavy atom. The molecule has 3 N–H and O–H groups in total. The van der Waals surface area contributed by atoms with Crippen molar-refractivity contribution in [3.63, 3.8) is 0 Å². The predicted molar refractivity (Wildman–Crippen MR) is 150 cm³/mol. The van der Waals surface area contributed by atoms with E-state index < -0.39 is 12.0 Å². The van der Waals surface area contributed by atoms with Gasteiger partial charge in [0.2, 0.25) is 11.8 Å². The SMILES string of the molecule is O=C(CNC(=O)OCC1c2ccccc2-c2ccccc21)NCC(=O)NC1CC2(C1)CC(Oc1cccc(F)c1)C2. The molecular formula is C32H32FN3O5. The lowest BCUT2D eigenvalue weighted by Crippen LogP contribution is -2.59. The standard InChI is InChI=1S/C32H32FN3O5/c33-20-6-5-7-22(12-20)41-23-15-32(16-23)13-21(14-32)36-30(38)18-34-29(37)17-35-31(39)40-19-28-26-10-3-1-8-24(26)25-9-2-4-11-27(25)28/h1-12,21,23,28H,13-19H2,(H,34,37)(H,35,39)(H,36,38). The third-order valence-electron chi connectivity index (χ3n) is 8.33. The van der Waals surface area contributed by atoms with Gasteiger partial charge in [-0.3, -0.25) is 9.59 Å². The van der Waals surface area contributed by atoms with E-state index >= 15 is 0 Å². The van der Waals surface area contributed by atoms with Gasteiger partial charge in [-0.1, -0.05) is 54.6 Å². The first-order valence-corrected chi connectivity index (χ1v) is 13.9. The molecule has 3 aromatic carbocycles. The third kappa shape index (κ3) is 5.89. The lowest BCUT2D eigenvalue weighted by atomic mass is 9.53. The van der Waals surface area contributed by atoms with E-state index in [4.69, 9.17) is 9.47 Å².